The molecule has 0 N–H and O–H groups in total. The number of benzene rings is 1. The molecule has 98 valence electrons. The Morgan fingerprint density at radius 1 is 1.37 bits per heavy atom. The van der Waals surface area contributed by atoms with Crippen molar-refractivity contribution in [1.29, 1.82) is 0 Å². The number of carbonyl (C=O) groups excluding carboxylic acids is 1. The summed E-state index contributed by atoms with van der Waals surface area (Å²) in [5, 5.41) is 3.71. The molecule has 0 unspecified atom stereocenters. The molecule has 1 aromatic heterocycles. The Hall–Kier alpha value is -2.36. The largest absolute Gasteiger partial charge is 0.351 e. The van der Waals surface area contributed by atoms with Crippen molar-refractivity contribution in [2.24, 2.45) is 0 Å². The highest BCUT2D eigenvalue weighted by molar-refractivity contribution is 5.91. The molecule has 0 fully saturated rings. The van der Waals surface area contributed by atoms with Crippen molar-refractivity contribution >= 4 is 12.0 Å². The highest BCUT2D eigenvalue weighted by Gasteiger charge is 2.15. The van der Waals surface area contributed by atoms with Crippen LogP contribution < -0.4 is 0 Å². The van der Waals surface area contributed by atoms with Crippen molar-refractivity contribution in [1.82, 2.24) is 10.1 Å². The second-order valence-electron chi connectivity index (χ2n) is 4.33. The summed E-state index contributed by atoms with van der Waals surface area (Å²) in [6.07, 6.45) is 3.92. The minimum atomic E-state index is -0.168. The summed E-state index contributed by atoms with van der Waals surface area (Å²) < 4.78 is 4.95. The molecule has 1 heterocycles. The van der Waals surface area contributed by atoms with Crippen LogP contribution in [0.5, 0.6) is 0 Å². The van der Waals surface area contributed by atoms with E-state index < -0.39 is 0 Å². The Bertz CT molecular complexity index is 573. The third-order valence-electron chi connectivity index (χ3n) is 2.67. The van der Waals surface area contributed by atoms with Gasteiger partial charge in [0.05, 0.1) is 5.69 Å². The standard InChI is InChI=1S/C15H16N2O2/c1-12-11-14(19-16-12)15(18)17(2)10-6-9-13-7-4-3-5-8-13/h3-9,11H,10H2,1-2H3/b9-6+. The monoisotopic (exact) mass is 256 g/mol. The fraction of sp³-hybridized carbons (Fsp3) is 0.200. The zero-order valence-corrected chi connectivity index (χ0v) is 11.0. The first kappa shape index (κ1) is 13.1. The third-order valence-corrected chi connectivity index (χ3v) is 2.67. The molecule has 0 atom stereocenters. The molecule has 0 spiro atoms. The van der Waals surface area contributed by atoms with Crippen LogP contribution >= 0.6 is 0 Å². The van der Waals surface area contributed by atoms with Gasteiger partial charge in [-0.15, -0.1) is 0 Å². The number of hydrogen-bond donors (Lipinski definition) is 0. The molecule has 19 heavy (non-hydrogen) atoms. The third kappa shape index (κ3) is 3.55. The van der Waals surface area contributed by atoms with Gasteiger partial charge in [-0.1, -0.05) is 47.6 Å². The van der Waals surface area contributed by atoms with E-state index in [1.165, 1.54) is 0 Å². The van der Waals surface area contributed by atoms with E-state index in [2.05, 4.69) is 5.16 Å². The molecule has 0 saturated heterocycles. The Labute approximate surface area is 112 Å². The normalized spacial score (nSPS) is 10.8. The number of nitrogens with zero attached hydrogens (tertiary/aromatic N) is 2. The fourth-order valence-electron chi connectivity index (χ4n) is 1.65. The summed E-state index contributed by atoms with van der Waals surface area (Å²) in [4.78, 5) is 13.5. The van der Waals surface area contributed by atoms with E-state index in [9.17, 15) is 4.79 Å². The van der Waals surface area contributed by atoms with Crippen molar-refractivity contribution in [2.45, 2.75) is 6.92 Å². The van der Waals surface area contributed by atoms with Crippen LogP contribution in [-0.4, -0.2) is 29.6 Å². The maximum atomic E-state index is 12.0. The molecular formula is C15H16N2O2. The van der Waals surface area contributed by atoms with Gasteiger partial charge in [0.1, 0.15) is 0 Å². The second-order valence-corrected chi connectivity index (χ2v) is 4.33. The van der Waals surface area contributed by atoms with Crippen LogP contribution in [0.15, 0.2) is 47.0 Å². The van der Waals surface area contributed by atoms with E-state index in [0.29, 0.717) is 12.2 Å². The van der Waals surface area contributed by atoms with Crippen molar-refractivity contribution in [3.05, 3.63) is 59.5 Å². The minimum Gasteiger partial charge on any atom is -0.351 e. The summed E-state index contributed by atoms with van der Waals surface area (Å²) in [5.74, 6) is 0.103. The van der Waals surface area contributed by atoms with Gasteiger partial charge < -0.3 is 9.42 Å². The molecule has 1 amide bonds. The predicted octanol–water partition coefficient (Wildman–Crippen LogP) is 2.77. The summed E-state index contributed by atoms with van der Waals surface area (Å²) in [6.45, 7) is 2.31. The van der Waals surface area contributed by atoms with Crippen LogP contribution in [-0.2, 0) is 0 Å². The van der Waals surface area contributed by atoms with Crippen LogP contribution in [0.3, 0.4) is 0 Å². The number of hydrogen-bond acceptors (Lipinski definition) is 3. The highest BCUT2D eigenvalue weighted by Crippen LogP contribution is 2.06. The molecular weight excluding hydrogens is 240 g/mol. The second kappa shape index (κ2) is 6.00. The molecule has 0 aliphatic heterocycles. The topological polar surface area (TPSA) is 46.3 Å². The van der Waals surface area contributed by atoms with E-state index in [-0.39, 0.29) is 11.7 Å². The molecule has 2 aromatic rings. The van der Waals surface area contributed by atoms with Gasteiger partial charge in [-0.3, -0.25) is 4.79 Å². The quantitative estimate of drug-likeness (QED) is 0.845. The average molecular weight is 256 g/mol. The minimum absolute atomic E-state index is 0.168. The Morgan fingerprint density at radius 2 is 2.11 bits per heavy atom. The molecule has 4 heteroatoms. The van der Waals surface area contributed by atoms with E-state index in [0.717, 1.165) is 5.56 Å². The zero-order valence-electron chi connectivity index (χ0n) is 11.0. The van der Waals surface area contributed by atoms with Gasteiger partial charge in [0.15, 0.2) is 0 Å². The van der Waals surface area contributed by atoms with E-state index >= 15 is 0 Å². The van der Waals surface area contributed by atoms with Crippen molar-refractivity contribution in [3.63, 3.8) is 0 Å². The first-order valence-corrected chi connectivity index (χ1v) is 6.07. The molecule has 0 saturated carbocycles. The highest BCUT2D eigenvalue weighted by atomic mass is 16.5. The summed E-state index contributed by atoms with van der Waals surface area (Å²) in [6, 6.07) is 11.6. The van der Waals surface area contributed by atoms with Crippen LogP contribution in [0.1, 0.15) is 21.8 Å². The molecule has 4 nitrogen and oxygen atoms in total. The van der Waals surface area contributed by atoms with Crippen molar-refractivity contribution in [3.8, 4) is 0 Å². The van der Waals surface area contributed by atoms with E-state index in [4.69, 9.17) is 4.52 Å². The Morgan fingerprint density at radius 3 is 2.74 bits per heavy atom. The van der Waals surface area contributed by atoms with Gasteiger partial charge >= 0.3 is 0 Å². The first-order chi connectivity index (χ1) is 9.16. The lowest BCUT2D eigenvalue weighted by atomic mass is 10.2. The predicted molar refractivity (Wildman–Crippen MR) is 73.7 cm³/mol. The lowest BCUT2D eigenvalue weighted by Gasteiger charge is -2.12. The van der Waals surface area contributed by atoms with Gasteiger partial charge in [0.2, 0.25) is 5.76 Å². The summed E-state index contributed by atoms with van der Waals surface area (Å²) in [7, 11) is 1.73. The number of rotatable bonds is 4. The van der Waals surface area contributed by atoms with Crippen molar-refractivity contribution < 1.29 is 9.32 Å². The number of likely N-dealkylation sites (N-methyl/N-ethyl adjacent to an activating group) is 1. The van der Waals surface area contributed by atoms with Gasteiger partial charge in [0.25, 0.3) is 5.91 Å². The number of aryl methyl sites for hydroxylation is 1. The van der Waals surface area contributed by atoms with Gasteiger partial charge in [-0.2, -0.15) is 0 Å². The average Bonchev–Trinajstić information content (AvgIpc) is 2.85. The molecule has 2 rings (SSSR count). The molecule has 0 radical (unpaired) electrons. The lowest BCUT2D eigenvalue weighted by molar-refractivity contribution is 0.0769. The summed E-state index contributed by atoms with van der Waals surface area (Å²) >= 11 is 0. The van der Waals surface area contributed by atoms with Crippen LogP contribution in [0.25, 0.3) is 6.08 Å². The first-order valence-electron chi connectivity index (χ1n) is 6.07. The Kier molecular flexibility index (Phi) is 4.13. The zero-order chi connectivity index (χ0) is 13.7. The smallest absolute Gasteiger partial charge is 0.292 e. The van der Waals surface area contributed by atoms with Gasteiger partial charge in [-0.05, 0) is 12.5 Å². The molecule has 0 bridgehead atoms. The van der Waals surface area contributed by atoms with Crippen LogP contribution in [0, 0.1) is 6.92 Å². The van der Waals surface area contributed by atoms with E-state index in [1.807, 2.05) is 42.5 Å². The molecule has 1 aromatic carbocycles. The maximum Gasteiger partial charge on any atom is 0.292 e. The SMILES string of the molecule is Cc1cc(C(=O)N(C)C/C=C/c2ccccc2)on1. The van der Waals surface area contributed by atoms with Crippen LogP contribution in [0.4, 0.5) is 0 Å². The van der Waals surface area contributed by atoms with Crippen LogP contribution in [0.2, 0.25) is 0 Å². The number of aromatic nitrogens is 1. The molecule has 0 aliphatic carbocycles. The molecule has 0 aliphatic rings. The van der Waals surface area contributed by atoms with Crippen molar-refractivity contribution in [2.75, 3.05) is 13.6 Å². The van der Waals surface area contributed by atoms with Gasteiger partial charge in [0, 0.05) is 19.7 Å². The van der Waals surface area contributed by atoms with Gasteiger partial charge in [-0.25, -0.2) is 0 Å². The lowest BCUT2D eigenvalue weighted by Crippen LogP contribution is -2.26. The number of carbonyl (C=O) groups is 1. The maximum absolute atomic E-state index is 12.0. The Balaban J connectivity index is 1.93. The number of amides is 1. The van der Waals surface area contributed by atoms with E-state index in [1.54, 1.807) is 24.9 Å². The fourth-order valence-corrected chi connectivity index (χ4v) is 1.65. The summed E-state index contributed by atoms with van der Waals surface area (Å²) in [5.41, 5.74) is 1.82.